The second-order valence-corrected chi connectivity index (χ2v) is 4.44. The predicted octanol–water partition coefficient (Wildman–Crippen LogP) is 2.83. The van der Waals surface area contributed by atoms with E-state index >= 15 is 0 Å². The first-order valence-corrected chi connectivity index (χ1v) is 6.74. The molecule has 2 aromatic rings. The zero-order valence-electron chi connectivity index (χ0n) is 11.9. The molecule has 20 heavy (non-hydrogen) atoms. The number of benzene rings is 1. The molecule has 2 rings (SSSR count). The topological polar surface area (TPSA) is 57.4 Å². The first-order valence-electron chi connectivity index (χ1n) is 6.74. The van der Waals surface area contributed by atoms with Crippen molar-refractivity contribution in [2.45, 2.75) is 27.0 Å². The van der Waals surface area contributed by atoms with Gasteiger partial charge in [-0.3, -0.25) is 4.98 Å². The largest absolute Gasteiger partial charge is 0.490 e. The van der Waals surface area contributed by atoms with E-state index < -0.39 is 0 Å². The summed E-state index contributed by atoms with van der Waals surface area (Å²) in [5.74, 6) is 1.43. The van der Waals surface area contributed by atoms with Crippen molar-refractivity contribution < 1.29 is 9.47 Å². The highest BCUT2D eigenvalue weighted by Gasteiger charge is 2.10. The maximum atomic E-state index is 5.89. The number of pyridine rings is 1. The Morgan fingerprint density at radius 2 is 1.90 bits per heavy atom. The fourth-order valence-electron chi connectivity index (χ4n) is 1.98. The second-order valence-electron chi connectivity index (χ2n) is 4.44. The van der Waals surface area contributed by atoms with Crippen molar-refractivity contribution in [3.8, 4) is 11.5 Å². The molecule has 0 saturated carbocycles. The third-order valence-electron chi connectivity index (χ3n) is 2.89. The lowest BCUT2D eigenvalue weighted by Gasteiger charge is -2.15. The van der Waals surface area contributed by atoms with Crippen molar-refractivity contribution in [2.75, 3.05) is 6.61 Å². The number of aromatic nitrogens is 1. The first-order chi connectivity index (χ1) is 9.74. The van der Waals surface area contributed by atoms with Crippen molar-refractivity contribution in [1.29, 1.82) is 0 Å². The third-order valence-corrected chi connectivity index (χ3v) is 2.89. The minimum atomic E-state index is 0.402. The average molecular weight is 272 g/mol. The number of hydrogen-bond acceptors (Lipinski definition) is 4. The van der Waals surface area contributed by atoms with Crippen molar-refractivity contribution >= 4 is 0 Å². The summed E-state index contributed by atoms with van der Waals surface area (Å²) >= 11 is 0. The summed E-state index contributed by atoms with van der Waals surface area (Å²) in [4.78, 5) is 4.42. The Hall–Kier alpha value is -2.07. The molecule has 1 aromatic carbocycles. The average Bonchev–Trinajstić information content (AvgIpc) is 2.46. The van der Waals surface area contributed by atoms with Crippen LogP contribution in [-0.2, 0) is 13.2 Å². The Morgan fingerprint density at radius 3 is 2.60 bits per heavy atom. The van der Waals surface area contributed by atoms with Crippen LogP contribution in [0.15, 0.2) is 36.4 Å². The molecular weight excluding hydrogens is 252 g/mol. The SMILES string of the molecule is CCOc1cccc(CN)c1OCc1cccc(C)n1. The molecule has 0 spiro atoms. The van der Waals surface area contributed by atoms with Crippen molar-refractivity contribution in [3.63, 3.8) is 0 Å². The Bertz CT molecular complexity index is 570. The molecule has 0 radical (unpaired) electrons. The van der Waals surface area contributed by atoms with Gasteiger partial charge in [0, 0.05) is 17.8 Å². The smallest absolute Gasteiger partial charge is 0.166 e. The monoisotopic (exact) mass is 272 g/mol. The van der Waals surface area contributed by atoms with Crippen LogP contribution in [0.25, 0.3) is 0 Å². The molecule has 0 fully saturated rings. The van der Waals surface area contributed by atoms with Gasteiger partial charge >= 0.3 is 0 Å². The molecule has 0 saturated heterocycles. The number of hydrogen-bond donors (Lipinski definition) is 1. The second kappa shape index (κ2) is 6.91. The highest BCUT2D eigenvalue weighted by molar-refractivity contribution is 5.46. The fraction of sp³-hybridized carbons (Fsp3) is 0.312. The number of ether oxygens (including phenoxy) is 2. The van der Waals surface area contributed by atoms with E-state index in [2.05, 4.69) is 4.98 Å². The summed E-state index contributed by atoms with van der Waals surface area (Å²) in [5.41, 5.74) is 8.55. The zero-order valence-corrected chi connectivity index (χ0v) is 11.9. The highest BCUT2D eigenvalue weighted by atomic mass is 16.5. The van der Waals surface area contributed by atoms with E-state index in [9.17, 15) is 0 Å². The molecule has 2 N–H and O–H groups in total. The summed E-state index contributed by atoms with van der Waals surface area (Å²) in [5, 5.41) is 0. The fourth-order valence-corrected chi connectivity index (χ4v) is 1.98. The number of nitrogens with two attached hydrogens (primary N) is 1. The molecule has 0 atom stereocenters. The van der Waals surface area contributed by atoms with Gasteiger partial charge in [0.1, 0.15) is 6.61 Å². The maximum absolute atomic E-state index is 5.89. The van der Waals surface area contributed by atoms with Gasteiger partial charge in [-0.2, -0.15) is 0 Å². The Balaban J connectivity index is 2.19. The van der Waals surface area contributed by atoms with E-state index in [-0.39, 0.29) is 0 Å². The van der Waals surface area contributed by atoms with Gasteiger partial charge in [0.25, 0.3) is 0 Å². The molecular formula is C16H20N2O2. The molecule has 0 aliphatic carbocycles. The van der Waals surface area contributed by atoms with Crippen LogP contribution in [0.1, 0.15) is 23.9 Å². The Kier molecular flexibility index (Phi) is 4.96. The van der Waals surface area contributed by atoms with Gasteiger partial charge in [-0.15, -0.1) is 0 Å². The quantitative estimate of drug-likeness (QED) is 0.878. The van der Waals surface area contributed by atoms with E-state index in [0.717, 1.165) is 22.7 Å². The molecule has 0 aliphatic rings. The number of para-hydroxylation sites is 1. The van der Waals surface area contributed by atoms with Gasteiger partial charge in [-0.1, -0.05) is 18.2 Å². The maximum Gasteiger partial charge on any atom is 0.166 e. The number of rotatable bonds is 6. The van der Waals surface area contributed by atoms with Gasteiger partial charge in [0.15, 0.2) is 11.5 Å². The van der Waals surface area contributed by atoms with E-state index in [4.69, 9.17) is 15.2 Å². The molecule has 4 heteroatoms. The lowest BCUT2D eigenvalue weighted by Crippen LogP contribution is -2.06. The van der Waals surface area contributed by atoms with Gasteiger partial charge in [-0.25, -0.2) is 0 Å². The number of nitrogens with zero attached hydrogens (tertiary/aromatic N) is 1. The van der Waals surface area contributed by atoms with Crippen LogP contribution in [0.2, 0.25) is 0 Å². The standard InChI is InChI=1S/C16H20N2O2/c1-3-19-15-9-5-7-13(10-17)16(15)20-11-14-8-4-6-12(2)18-14/h4-9H,3,10-11,17H2,1-2H3. The van der Waals surface area contributed by atoms with E-state index in [1.807, 2.05) is 50.2 Å². The third kappa shape index (κ3) is 3.48. The molecule has 106 valence electrons. The molecule has 0 amide bonds. The van der Waals surface area contributed by atoms with Gasteiger partial charge < -0.3 is 15.2 Å². The normalized spacial score (nSPS) is 10.3. The van der Waals surface area contributed by atoms with Crippen LogP contribution in [0.5, 0.6) is 11.5 Å². The molecule has 0 bridgehead atoms. The predicted molar refractivity (Wildman–Crippen MR) is 78.8 cm³/mol. The molecule has 0 aliphatic heterocycles. The van der Waals surface area contributed by atoms with Gasteiger partial charge in [-0.05, 0) is 32.0 Å². The van der Waals surface area contributed by atoms with E-state index in [1.54, 1.807) is 0 Å². The van der Waals surface area contributed by atoms with Crippen molar-refractivity contribution in [3.05, 3.63) is 53.3 Å². The lowest BCUT2D eigenvalue weighted by atomic mass is 10.2. The molecule has 1 heterocycles. The van der Waals surface area contributed by atoms with Crippen LogP contribution < -0.4 is 15.2 Å². The van der Waals surface area contributed by atoms with Crippen LogP contribution in [0, 0.1) is 6.92 Å². The van der Waals surface area contributed by atoms with Crippen LogP contribution >= 0.6 is 0 Å². The summed E-state index contributed by atoms with van der Waals surface area (Å²) in [6.45, 7) is 5.31. The highest BCUT2D eigenvalue weighted by Crippen LogP contribution is 2.31. The van der Waals surface area contributed by atoms with Crippen LogP contribution in [-0.4, -0.2) is 11.6 Å². The van der Waals surface area contributed by atoms with E-state index in [1.165, 1.54) is 0 Å². The van der Waals surface area contributed by atoms with Gasteiger partial charge in [0.05, 0.1) is 12.3 Å². The summed E-state index contributed by atoms with van der Waals surface area (Å²) in [6, 6.07) is 11.6. The van der Waals surface area contributed by atoms with Crippen LogP contribution in [0.3, 0.4) is 0 Å². The Morgan fingerprint density at radius 1 is 1.10 bits per heavy atom. The van der Waals surface area contributed by atoms with Gasteiger partial charge in [0.2, 0.25) is 0 Å². The first kappa shape index (κ1) is 14.3. The summed E-state index contributed by atoms with van der Waals surface area (Å²) in [6.07, 6.45) is 0. The van der Waals surface area contributed by atoms with E-state index in [0.29, 0.717) is 25.5 Å². The van der Waals surface area contributed by atoms with Crippen molar-refractivity contribution in [2.24, 2.45) is 5.73 Å². The summed E-state index contributed by atoms with van der Waals surface area (Å²) < 4.78 is 11.5. The molecule has 1 aromatic heterocycles. The molecule has 4 nitrogen and oxygen atoms in total. The molecule has 0 unspecified atom stereocenters. The van der Waals surface area contributed by atoms with Crippen molar-refractivity contribution in [1.82, 2.24) is 4.98 Å². The summed E-state index contributed by atoms with van der Waals surface area (Å²) in [7, 11) is 0. The zero-order chi connectivity index (χ0) is 14.4. The van der Waals surface area contributed by atoms with Crippen LogP contribution in [0.4, 0.5) is 0 Å². The minimum absolute atomic E-state index is 0.402. The minimum Gasteiger partial charge on any atom is -0.490 e. The number of aryl methyl sites for hydroxylation is 1. The lowest BCUT2D eigenvalue weighted by molar-refractivity contribution is 0.264. The Labute approximate surface area is 119 Å².